The summed E-state index contributed by atoms with van der Waals surface area (Å²) in [6.07, 6.45) is 2.83. The maximum atomic E-state index is 11.7. The van der Waals surface area contributed by atoms with Crippen LogP contribution in [0.15, 0.2) is 35.3 Å². The van der Waals surface area contributed by atoms with Gasteiger partial charge in [-0.1, -0.05) is 13.0 Å². The minimum absolute atomic E-state index is 0.116. The van der Waals surface area contributed by atoms with Crippen molar-refractivity contribution in [2.45, 2.75) is 26.8 Å². The summed E-state index contributed by atoms with van der Waals surface area (Å²) in [5, 5.41) is 0.832. The first-order chi connectivity index (χ1) is 7.26. The molecule has 0 aliphatic carbocycles. The largest absolute Gasteiger partial charge is 0.348 e. The summed E-state index contributed by atoms with van der Waals surface area (Å²) < 4.78 is 2.09. The number of benzene rings is 1. The third kappa shape index (κ3) is 1.67. The predicted molar refractivity (Wildman–Crippen MR) is 63.3 cm³/mol. The molecule has 0 amide bonds. The Morgan fingerprint density at radius 2 is 2.00 bits per heavy atom. The van der Waals surface area contributed by atoms with Crippen molar-refractivity contribution in [3.05, 3.63) is 46.2 Å². The van der Waals surface area contributed by atoms with Gasteiger partial charge in [0.15, 0.2) is 5.43 Å². The molecule has 1 aromatic heterocycles. The van der Waals surface area contributed by atoms with Gasteiger partial charge in [-0.3, -0.25) is 4.79 Å². The van der Waals surface area contributed by atoms with Gasteiger partial charge in [0.05, 0.1) is 5.52 Å². The molecule has 1 aromatic carbocycles. The van der Waals surface area contributed by atoms with E-state index >= 15 is 0 Å². The van der Waals surface area contributed by atoms with E-state index in [1.807, 2.05) is 18.3 Å². The lowest BCUT2D eigenvalue weighted by molar-refractivity contribution is 0.787. The van der Waals surface area contributed by atoms with Crippen molar-refractivity contribution in [3.63, 3.8) is 0 Å². The molecule has 2 heteroatoms. The van der Waals surface area contributed by atoms with Crippen LogP contribution in [0.25, 0.3) is 10.9 Å². The van der Waals surface area contributed by atoms with Gasteiger partial charge in [0.1, 0.15) is 0 Å². The Labute approximate surface area is 89.2 Å². The molecule has 1 heterocycles. The van der Waals surface area contributed by atoms with Crippen molar-refractivity contribution in [1.29, 1.82) is 0 Å². The fraction of sp³-hybridized carbons (Fsp3) is 0.308. The molecule has 0 atom stereocenters. The maximum Gasteiger partial charge on any atom is 0.189 e. The molecule has 0 saturated carbocycles. The van der Waals surface area contributed by atoms with Crippen LogP contribution in [0, 0.1) is 0 Å². The number of fused-ring (bicyclic) bond motifs is 1. The van der Waals surface area contributed by atoms with Gasteiger partial charge in [-0.2, -0.15) is 0 Å². The number of hydrogen-bond donors (Lipinski definition) is 0. The lowest BCUT2D eigenvalue weighted by Crippen LogP contribution is -2.07. The SMILES string of the molecule is CCc1ccc2c(c1)c(=O)ccn2CC. The molecule has 2 nitrogen and oxygen atoms in total. The minimum Gasteiger partial charge on any atom is -0.348 e. The molecule has 2 aromatic rings. The maximum absolute atomic E-state index is 11.7. The van der Waals surface area contributed by atoms with Gasteiger partial charge in [-0.15, -0.1) is 0 Å². The van der Waals surface area contributed by atoms with Gasteiger partial charge in [-0.05, 0) is 31.0 Å². The van der Waals surface area contributed by atoms with E-state index in [-0.39, 0.29) is 5.43 Å². The van der Waals surface area contributed by atoms with Crippen molar-refractivity contribution < 1.29 is 0 Å². The number of aromatic nitrogens is 1. The normalized spacial score (nSPS) is 10.8. The molecule has 0 spiro atoms. The molecule has 0 unspecified atom stereocenters. The van der Waals surface area contributed by atoms with Crippen molar-refractivity contribution in [3.8, 4) is 0 Å². The van der Waals surface area contributed by atoms with Crippen molar-refractivity contribution in [1.82, 2.24) is 4.57 Å². The Kier molecular flexibility index (Phi) is 2.58. The molecule has 2 rings (SSSR count). The molecule has 0 aliphatic heterocycles. The van der Waals surface area contributed by atoms with Gasteiger partial charge < -0.3 is 4.57 Å². The highest BCUT2D eigenvalue weighted by Gasteiger charge is 2.01. The number of rotatable bonds is 2. The Morgan fingerprint density at radius 1 is 1.20 bits per heavy atom. The number of nitrogens with zero attached hydrogens (tertiary/aromatic N) is 1. The first-order valence-corrected chi connectivity index (χ1v) is 5.38. The number of aryl methyl sites for hydroxylation is 2. The first kappa shape index (κ1) is 9.97. The zero-order chi connectivity index (χ0) is 10.8. The number of hydrogen-bond acceptors (Lipinski definition) is 1. The molecule has 78 valence electrons. The summed E-state index contributed by atoms with van der Waals surface area (Å²) in [6.45, 7) is 5.07. The highest BCUT2D eigenvalue weighted by molar-refractivity contribution is 5.79. The summed E-state index contributed by atoms with van der Waals surface area (Å²) in [5.74, 6) is 0. The molecule has 0 N–H and O–H groups in total. The van der Waals surface area contributed by atoms with Gasteiger partial charge in [0.25, 0.3) is 0 Å². The minimum atomic E-state index is 0.116. The van der Waals surface area contributed by atoms with Gasteiger partial charge in [-0.25, -0.2) is 0 Å². The van der Waals surface area contributed by atoms with E-state index in [1.165, 1.54) is 5.56 Å². The summed E-state index contributed by atoms with van der Waals surface area (Å²) in [5.41, 5.74) is 2.36. The molecular weight excluding hydrogens is 186 g/mol. The fourth-order valence-electron chi connectivity index (χ4n) is 1.85. The quantitative estimate of drug-likeness (QED) is 0.732. The Hall–Kier alpha value is -1.57. The van der Waals surface area contributed by atoms with Crippen LogP contribution >= 0.6 is 0 Å². The molecule has 0 radical (unpaired) electrons. The van der Waals surface area contributed by atoms with E-state index in [4.69, 9.17) is 0 Å². The van der Waals surface area contributed by atoms with Crippen molar-refractivity contribution in [2.75, 3.05) is 0 Å². The van der Waals surface area contributed by atoms with E-state index in [1.54, 1.807) is 6.07 Å². The summed E-state index contributed by atoms with van der Waals surface area (Å²) in [6, 6.07) is 7.78. The highest BCUT2D eigenvalue weighted by atomic mass is 16.1. The first-order valence-electron chi connectivity index (χ1n) is 5.38. The van der Waals surface area contributed by atoms with Crippen LogP contribution in [0.1, 0.15) is 19.4 Å². The summed E-state index contributed by atoms with van der Waals surface area (Å²) in [7, 11) is 0. The molecule has 0 saturated heterocycles. The highest BCUT2D eigenvalue weighted by Crippen LogP contribution is 2.13. The van der Waals surface area contributed by atoms with Crippen molar-refractivity contribution in [2.24, 2.45) is 0 Å². The van der Waals surface area contributed by atoms with Crippen LogP contribution in [0.4, 0.5) is 0 Å². The number of pyridine rings is 1. The fourth-order valence-corrected chi connectivity index (χ4v) is 1.85. The van der Waals surface area contributed by atoms with Gasteiger partial charge in [0, 0.05) is 24.2 Å². The topological polar surface area (TPSA) is 22.0 Å². The van der Waals surface area contributed by atoms with Crippen LogP contribution in [-0.4, -0.2) is 4.57 Å². The van der Waals surface area contributed by atoms with Crippen LogP contribution in [0.5, 0.6) is 0 Å². The molecule has 0 fully saturated rings. The van der Waals surface area contributed by atoms with Crippen LogP contribution in [0.2, 0.25) is 0 Å². The standard InChI is InChI=1S/C13H15NO/c1-3-10-5-6-12-11(9-10)13(15)7-8-14(12)4-2/h5-9H,3-4H2,1-2H3. The van der Waals surface area contributed by atoms with Gasteiger partial charge in [0.2, 0.25) is 0 Å². The molecule has 0 bridgehead atoms. The zero-order valence-corrected chi connectivity index (χ0v) is 9.16. The average molecular weight is 201 g/mol. The second kappa shape index (κ2) is 3.89. The van der Waals surface area contributed by atoms with Crippen LogP contribution in [0.3, 0.4) is 0 Å². The molecule has 0 aliphatic rings. The lowest BCUT2D eigenvalue weighted by Gasteiger charge is -2.08. The Bertz CT molecular complexity index is 540. The second-order valence-electron chi connectivity index (χ2n) is 3.67. The summed E-state index contributed by atoms with van der Waals surface area (Å²) >= 11 is 0. The molecule has 15 heavy (non-hydrogen) atoms. The van der Waals surface area contributed by atoms with E-state index in [9.17, 15) is 4.79 Å². The zero-order valence-electron chi connectivity index (χ0n) is 9.16. The molecular formula is C13H15NO. The van der Waals surface area contributed by atoms with E-state index < -0.39 is 0 Å². The average Bonchev–Trinajstić information content (AvgIpc) is 2.29. The van der Waals surface area contributed by atoms with Crippen LogP contribution in [-0.2, 0) is 13.0 Å². The van der Waals surface area contributed by atoms with E-state index in [0.717, 1.165) is 23.9 Å². The Morgan fingerprint density at radius 3 is 2.67 bits per heavy atom. The van der Waals surface area contributed by atoms with Crippen molar-refractivity contribution >= 4 is 10.9 Å². The van der Waals surface area contributed by atoms with E-state index in [2.05, 4.69) is 24.5 Å². The monoisotopic (exact) mass is 201 g/mol. The smallest absolute Gasteiger partial charge is 0.189 e. The Balaban J connectivity index is 2.81. The van der Waals surface area contributed by atoms with Crippen LogP contribution < -0.4 is 5.43 Å². The third-order valence-corrected chi connectivity index (χ3v) is 2.79. The summed E-state index contributed by atoms with van der Waals surface area (Å²) in [4.78, 5) is 11.7. The predicted octanol–water partition coefficient (Wildman–Crippen LogP) is 2.58. The second-order valence-corrected chi connectivity index (χ2v) is 3.67. The van der Waals surface area contributed by atoms with Gasteiger partial charge >= 0.3 is 0 Å². The third-order valence-electron chi connectivity index (χ3n) is 2.79. The lowest BCUT2D eigenvalue weighted by atomic mass is 10.1. The van der Waals surface area contributed by atoms with E-state index in [0.29, 0.717) is 0 Å².